The molecule has 0 saturated heterocycles. The molecule has 6 aliphatic rings. The normalized spacial score (nSPS) is 15.2. The van der Waals surface area contributed by atoms with Crippen molar-refractivity contribution in [3.05, 3.63) is 252 Å². The fraction of sp³-hybridized carbons (Fsp3) is 0.108. The molecule has 2 aliphatic carbocycles. The van der Waals surface area contributed by atoms with Gasteiger partial charge in [-0.3, -0.25) is 0 Å². The van der Waals surface area contributed by atoms with E-state index in [9.17, 15) is 0 Å². The van der Waals surface area contributed by atoms with Gasteiger partial charge in [-0.15, -0.1) is 0 Å². The lowest BCUT2D eigenvalue weighted by molar-refractivity contribution is 0.480. The van der Waals surface area contributed by atoms with E-state index in [1.807, 2.05) is 84.2 Å². The van der Waals surface area contributed by atoms with Gasteiger partial charge in [0.25, 0.3) is 6.71 Å². The topological polar surface area (TPSA) is 24.9 Å². The second kappa shape index (κ2) is 17.5. The average molecular weight is 1090 g/mol. The van der Waals surface area contributed by atoms with Crippen molar-refractivity contribution in [2.24, 2.45) is 0 Å². The van der Waals surface area contributed by atoms with Crippen molar-refractivity contribution >= 4 is 104 Å². The summed E-state index contributed by atoms with van der Waals surface area (Å²) in [5.74, 6) is 3.38. The number of nitrogens with zero attached hydrogens (tertiary/aromatic N) is 2. The molecule has 0 amide bonds. The van der Waals surface area contributed by atoms with Gasteiger partial charge in [0.05, 0.1) is 0 Å². The van der Waals surface area contributed by atoms with Crippen LogP contribution in [0.5, 0.6) is 23.0 Å². The molecule has 0 N–H and O–H groups in total. The Morgan fingerprint density at radius 1 is 0.366 bits per heavy atom. The summed E-state index contributed by atoms with van der Waals surface area (Å²) in [6, 6.07) is 79.9. The maximum Gasteiger partial charge on any atom is 0.252 e. The third-order valence-electron chi connectivity index (χ3n) is 18.7. The van der Waals surface area contributed by atoms with Crippen molar-refractivity contribution < 1.29 is 9.47 Å². The first-order chi connectivity index (χ1) is 40.0. The zero-order chi connectivity index (χ0) is 54.9. The summed E-state index contributed by atoms with van der Waals surface area (Å²) in [6.07, 6.45) is 0. The molecule has 390 valence electrons. The SMILES string of the molecule is Cc1c2c(c(C)c3c1B1c4ccccc4N(c4ccccc4)c4c1c(cc1c4C(C)(C)c4cc(Oc5ccccc5)ccc4-1)N3c1ccccc1)Sc1cc3c(c4c1B2c1ccccc1S4)C(C)(C)c1cc(Oc2ccccc2)ccc1-3. The summed E-state index contributed by atoms with van der Waals surface area (Å²) in [5.41, 5.74) is 28.1. The highest BCUT2D eigenvalue weighted by Crippen LogP contribution is 2.60. The molecule has 8 heteroatoms. The first-order valence-electron chi connectivity index (χ1n) is 28.6. The number of hydrogen-bond donors (Lipinski definition) is 0. The van der Waals surface area contributed by atoms with E-state index >= 15 is 0 Å². The van der Waals surface area contributed by atoms with E-state index in [2.05, 4.69) is 209 Å². The Bertz CT molecular complexity index is 4570. The number of para-hydroxylation sites is 5. The van der Waals surface area contributed by atoms with Gasteiger partial charge in [-0.25, -0.2) is 0 Å². The molecule has 0 aromatic heterocycles. The molecule has 11 aromatic rings. The van der Waals surface area contributed by atoms with Crippen molar-refractivity contribution in [3.63, 3.8) is 0 Å². The van der Waals surface area contributed by atoms with Gasteiger partial charge in [0.1, 0.15) is 23.0 Å². The van der Waals surface area contributed by atoms with Gasteiger partial charge in [0.2, 0.25) is 6.71 Å². The van der Waals surface area contributed by atoms with Crippen LogP contribution in [-0.4, -0.2) is 13.4 Å². The predicted molar refractivity (Wildman–Crippen MR) is 344 cm³/mol. The summed E-state index contributed by atoms with van der Waals surface area (Å²) >= 11 is 3.98. The van der Waals surface area contributed by atoms with Crippen LogP contribution in [-0.2, 0) is 10.8 Å². The maximum absolute atomic E-state index is 6.63. The summed E-state index contributed by atoms with van der Waals surface area (Å²) in [7, 11) is 0. The van der Waals surface area contributed by atoms with Crippen molar-refractivity contribution in [1.29, 1.82) is 0 Å². The summed E-state index contributed by atoms with van der Waals surface area (Å²) in [5, 5.41) is 0. The van der Waals surface area contributed by atoms with Gasteiger partial charge < -0.3 is 19.3 Å². The van der Waals surface area contributed by atoms with Crippen LogP contribution in [0.15, 0.2) is 238 Å². The van der Waals surface area contributed by atoms with Gasteiger partial charge in [0, 0.05) is 64.5 Å². The molecular weight excluding hydrogens is 1030 g/mol. The van der Waals surface area contributed by atoms with Crippen LogP contribution in [0.25, 0.3) is 22.3 Å². The van der Waals surface area contributed by atoms with Crippen LogP contribution in [0.3, 0.4) is 0 Å². The minimum absolute atomic E-state index is 0.0240. The molecule has 0 radical (unpaired) electrons. The number of hydrogen-bond acceptors (Lipinski definition) is 6. The van der Waals surface area contributed by atoms with Crippen molar-refractivity contribution in [2.75, 3.05) is 9.80 Å². The Kier molecular flexibility index (Phi) is 10.3. The van der Waals surface area contributed by atoms with Crippen molar-refractivity contribution in [3.8, 4) is 45.3 Å². The Morgan fingerprint density at radius 2 is 0.866 bits per heavy atom. The van der Waals surface area contributed by atoms with Crippen LogP contribution in [0.1, 0.15) is 61.1 Å². The lowest BCUT2D eigenvalue weighted by Gasteiger charge is -2.48. The molecule has 82 heavy (non-hydrogen) atoms. The molecule has 0 unspecified atom stereocenters. The average Bonchev–Trinajstić information content (AvgIpc) is 3.05. The first-order valence-corrected chi connectivity index (χ1v) is 30.3. The number of fused-ring (bicyclic) bond motifs is 16. The van der Waals surface area contributed by atoms with Crippen LogP contribution in [0.4, 0.5) is 34.1 Å². The minimum Gasteiger partial charge on any atom is -0.457 e. The van der Waals surface area contributed by atoms with Crippen molar-refractivity contribution in [1.82, 2.24) is 0 Å². The molecule has 0 bridgehead atoms. The van der Waals surface area contributed by atoms with E-state index in [4.69, 9.17) is 9.47 Å². The van der Waals surface area contributed by atoms with Gasteiger partial charge in [-0.05, 0) is 183 Å². The largest absolute Gasteiger partial charge is 0.457 e. The van der Waals surface area contributed by atoms with Gasteiger partial charge in [0.15, 0.2) is 0 Å². The van der Waals surface area contributed by atoms with Crippen molar-refractivity contribution in [2.45, 2.75) is 72.0 Å². The highest BCUT2D eigenvalue weighted by atomic mass is 32.2. The lowest BCUT2D eigenvalue weighted by atomic mass is 9.30. The monoisotopic (exact) mass is 1090 g/mol. The highest BCUT2D eigenvalue weighted by Gasteiger charge is 2.53. The number of anilines is 6. The smallest absolute Gasteiger partial charge is 0.252 e. The highest BCUT2D eigenvalue weighted by molar-refractivity contribution is 8.01. The zero-order valence-corrected chi connectivity index (χ0v) is 48.1. The molecule has 17 rings (SSSR count). The van der Waals surface area contributed by atoms with Gasteiger partial charge in [-0.2, -0.15) is 0 Å². The molecule has 0 saturated carbocycles. The van der Waals surface area contributed by atoms with E-state index in [1.165, 1.54) is 131 Å². The van der Waals surface area contributed by atoms with Gasteiger partial charge >= 0.3 is 0 Å². The summed E-state index contributed by atoms with van der Waals surface area (Å²) in [4.78, 5) is 10.7. The lowest BCUT2D eigenvalue weighted by Crippen LogP contribution is -2.66. The third kappa shape index (κ3) is 6.62. The van der Waals surface area contributed by atoms with E-state index in [-0.39, 0.29) is 18.8 Å². The Hall–Kier alpha value is -8.55. The van der Waals surface area contributed by atoms with Crippen LogP contribution in [0, 0.1) is 13.8 Å². The van der Waals surface area contributed by atoms with E-state index in [0.717, 1.165) is 34.4 Å². The van der Waals surface area contributed by atoms with E-state index in [1.54, 1.807) is 0 Å². The Balaban J connectivity index is 0.936. The molecule has 4 aliphatic heterocycles. The van der Waals surface area contributed by atoms with Crippen LogP contribution < -0.4 is 52.1 Å². The number of rotatable bonds is 6. The number of benzene rings is 11. The molecule has 4 heterocycles. The standard InChI is InChI=1S/C74H54B2N2O2S2/c1-43-65-69(44(2)71-66(43)76-58-32-20-22-34-61(58)81-72-64-54(42-62(82-71)68(72)76)52-38-36-50(40-56(52)74(64,5)6)80-48-29-17-10-18-30-48)78(46-25-13-8-14-26-46)60-41-53-51-37-35-49(79-47-27-15-9-16-28-47)39-55(51)73(3,4)63(53)70-67(60)75(65)57-31-19-21-33-59(57)77(70)45-23-11-7-12-24-45/h7-42H,1-6H3. The third-order valence-corrected chi connectivity index (χ3v) is 21.2. The van der Waals surface area contributed by atoms with E-state index < -0.39 is 5.41 Å². The van der Waals surface area contributed by atoms with Crippen LogP contribution in [0.2, 0.25) is 0 Å². The fourth-order valence-electron chi connectivity index (χ4n) is 15.3. The Morgan fingerprint density at radius 3 is 1.49 bits per heavy atom. The second-order valence-electron chi connectivity index (χ2n) is 23.9. The number of ether oxygens (including phenoxy) is 2. The minimum atomic E-state index is -0.405. The molecule has 0 fully saturated rings. The molecule has 0 atom stereocenters. The summed E-state index contributed by atoms with van der Waals surface area (Å²) in [6.45, 7) is 14.6. The Labute approximate surface area is 489 Å². The predicted octanol–water partition coefficient (Wildman–Crippen LogP) is 16.0. The molecule has 11 aromatic carbocycles. The quantitative estimate of drug-likeness (QED) is 0.154. The second-order valence-corrected chi connectivity index (χ2v) is 26.0. The van der Waals surface area contributed by atoms with Crippen LogP contribution >= 0.6 is 23.5 Å². The fourth-order valence-corrected chi connectivity index (χ4v) is 18.2. The molecule has 0 spiro atoms. The zero-order valence-electron chi connectivity index (χ0n) is 46.5. The maximum atomic E-state index is 6.63. The van der Waals surface area contributed by atoms with E-state index in [0.29, 0.717) is 0 Å². The molecular formula is C74H54B2N2O2S2. The van der Waals surface area contributed by atoms with Gasteiger partial charge in [-0.1, -0.05) is 189 Å². The first kappa shape index (κ1) is 48.2. The summed E-state index contributed by atoms with van der Waals surface area (Å²) < 4.78 is 13.2. The molecule has 4 nitrogen and oxygen atoms in total.